The summed E-state index contributed by atoms with van der Waals surface area (Å²) in [5.41, 5.74) is 0.718. The van der Waals surface area contributed by atoms with E-state index in [9.17, 15) is 8.42 Å². The van der Waals surface area contributed by atoms with Gasteiger partial charge in [-0.1, -0.05) is 0 Å². The van der Waals surface area contributed by atoms with Crippen molar-refractivity contribution in [3.63, 3.8) is 0 Å². The highest BCUT2D eigenvalue weighted by atomic mass is 32.2. The van der Waals surface area contributed by atoms with E-state index < -0.39 is 14.6 Å². The monoisotopic (exact) mass is 216 g/mol. The minimum atomic E-state index is -3.29. The molecule has 0 aromatic carbocycles. The first kappa shape index (κ1) is 11.2. The molecule has 1 aromatic rings. The van der Waals surface area contributed by atoms with Crippen LogP contribution in [0.5, 0.6) is 0 Å². The molecule has 0 fully saturated rings. The molecule has 0 bridgehead atoms. The van der Waals surface area contributed by atoms with Gasteiger partial charge in [0.15, 0.2) is 14.9 Å². The molecule has 0 spiro atoms. The van der Waals surface area contributed by atoms with Crippen LogP contribution in [0.25, 0.3) is 0 Å². The SMILES string of the molecule is Cc1cc(S(=O)(=O)C(C)(C)C)n(C)n1. The average Bonchev–Trinajstić information content (AvgIpc) is 2.27. The Balaban J connectivity index is 3.39. The van der Waals surface area contributed by atoms with Crippen molar-refractivity contribution in [3.8, 4) is 0 Å². The Kier molecular flexibility index (Phi) is 2.48. The number of rotatable bonds is 1. The summed E-state index contributed by atoms with van der Waals surface area (Å²) < 4.78 is 24.7. The van der Waals surface area contributed by atoms with E-state index >= 15 is 0 Å². The van der Waals surface area contributed by atoms with Crippen LogP contribution in [-0.4, -0.2) is 22.9 Å². The largest absolute Gasteiger partial charge is 0.257 e. The van der Waals surface area contributed by atoms with Crippen LogP contribution >= 0.6 is 0 Å². The van der Waals surface area contributed by atoms with Crippen molar-refractivity contribution in [2.45, 2.75) is 37.5 Å². The van der Waals surface area contributed by atoms with Crippen LogP contribution in [0.1, 0.15) is 26.5 Å². The number of hydrogen-bond donors (Lipinski definition) is 0. The van der Waals surface area contributed by atoms with Gasteiger partial charge in [-0.05, 0) is 33.8 Å². The minimum absolute atomic E-state index is 0.280. The van der Waals surface area contributed by atoms with E-state index in [4.69, 9.17) is 0 Å². The van der Waals surface area contributed by atoms with Gasteiger partial charge in [0.25, 0.3) is 0 Å². The Morgan fingerprint density at radius 1 is 1.36 bits per heavy atom. The van der Waals surface area contributed by atoms with Crippen LogP contribution < -0.4 is 0 Å². The highest BCUT2D eigenvalue weighted by molar-refractivity contribution is 7.92. The normalized spacial score (nSPS) is 13.2. The third kappa shape index (κ3) is 1.68. The van der Waals surface area contributed by atoms with Gasteiger partial charge in [0.2, 0.25) is 0 Å². The van der Waals surface area contributed by atoms with Crippen molar-refractivity contribution in [3.05, 3.63) is 11.8 Å². The van der Waals surface area contributed by atoms with Gasteiger partial charge in [0.05, 0.1) is 10.4 Å². The first-order chi connectivity index (χ1) is 6.16. The van der Waals surface area contributed by atoms with Crippen molar-refractivity contribution in [2.24, 2.45) is 7.05 Å². The first-order valence-electron chi connectivity index (χ1n) is 4.41. The third-order valence-corrected chi connectivity index (χ3v) is 4.59. The molecule has 1 heterocycles. The van der Waals surface area contributed by atoms with Crippen LogP contribution in [-0.2, 0) is 16.9 Å². The molecule has 0 N–H and O–H groups in total. The summed E-state index contributed by atoms with van der Waals surface area (Å²) in [7, 11) is -1.64. The molecule has 0 saturated carbocycles. The topological polar surface area (TPSA) is 52.0 Å². The van der Waals surface area contributed by atoms with Gasteiger partial charge in [-0.2, -0.15) is 5.10 Å². The molecular formula is C9H16N2O2S. The second-order valence-corrected chi connectivity index (χ2v) is 7.01. The Morgan fingerprint density at radius 2 is 1.86 bits per heavy atom. The molecule has 1 aromatic heterocycles. The molecule has 0 aliphatic rings. The standard InChI is InChI=1S/C9H16N2O2S/c1-7-6-8(11(5)10-7)14(12,13)9(2,3)4/h6H,1-5H3. The predicted molar refractivity (Wildman–Crippen MR) is 54.9 cm³/mol. The fraction of sp³-hybridized carbons (Fsp3) is 0.667. The maximum absolute atomic E-state index is 12.0. The fourth-order valence-corrected chi connectivity index (χ4v) is 2.49. The second-order valence-electron chi connectivity index (χ2n) is 4.36. The lowest BCUT2D eigenvalue weighted by atomic mass is 10.3. The zero-order valence-electron chi connectivity index (χ0n) is 9.20. The summed E-state index contributed by atoms with van der Waals surface area (Å²) in [5.74, 6) is 0. The molecule has 4 nitrogen and oxygen atoms in total. The molecular weight excluding hydrogens is 200 g/mol. The summed E-state index contributed by atoms with van der Waals surface area (Å²) >= 11 is 0. The second kappa shape index (κ2) is 3.08. The molecule has 80 valence electrons. The number of hydrogen-bond acceptors (Lipinski definition) is 3. The van der Waals surface area contributed by atoms with Crippen LogP contribution in [0.3, 0.4) is 0 Å². The van der Waals surface area contributed by atoms with E-state index in [0.717, 1.165) is 5.69 Å². The molecule has 0 saturated heterocycles. The number of aromatic nitrogens is 2. The van der Waals surface area contributed by atoms with Crippen molar-refractivity contribution in [2.75, 3.05) is 0 Å². The van der Waals surface area contributed by atoms with Crippen molar-refractivity contribution in [1.29, 1.82) is 0 Å². The summed E-state index contributed by atoms with van der Waals surface area (Å²) in [6.45, 7) is 6.84. The molecule has 0 unspecified atom stereocenters. The van der Waals surface area contributed by atoms with Crippen LogP contribution in [0.15, 0.2) is 11.1 Å². The molecule has 0 amide bonds. The van der Waals surface area contributed by atoms with E-state index in [1.165, 1.54) is 4.68 Å². The summed E-state index contributed by atoms with van der Waals surface area (Å²) in [5, 5.41) is 4.31. The highest BCUT2D eigenvalue weighted by Crippen LogP contribution is 2.24. The number of nitrogens with zero attached hydrogens (tertiary/aromatic N) is 2. The van der Waals surface area contributed by atoms with Gasteiger partial charge in [-0.3, -0.25) is 4.68 Å². The summed E-state index contributed by atoms with van der Waals surface area (Å²) in [4.78, 5) is 0. The predicted octanol–water partition coefficient (Wildman–Crippen LogP) is 1.30. The van der Waals surface area contributed by atoms with E-state index in [2.05, 4.69) is 5.10 Å². The molecule has 5 heteroatoms. The van der Waals surface area contributed by atoms with E-state index in [1.54, 1.807) is 40.8 Å². The average molecular weight is 216 g/mol. The minimum Gasteiger partial charge on any atom is -0.257 e. The Hall–Kier alpha value is -0.840. The third-order valence-electron chi connectivity index (χ3n) is 2.04. The molecule has 14 heavy (non-hydrogen) atoms. The van der Waals surface area contributed by atoms with Crippen LogP contribution in [0.2, 0.25) is 0 Å². The van der Waals surface area contributed by atoms with E-state index in [-0.39, 0.29) is 5.03 Å². The van der Waals surface area contributed by atoms with Gasteiger partial charge in [0.1, 0.15) is 0 Å². The summed E-state index contributed by atoms with van der Waals surface area (Å²) in [6.07, 6.45) is 0. The van der Waals surface area contributed by atoms with E-state index in [0.29, 0.717) is 0 Å². The Bertz CT molecular complexity index is 438. The van der Waals surface area contributed by atoms with Crippen molar-refractivity contribution < 1.29 is 8.42 Å². The summed E-state index contributed by atoms with van der Waals surface area (Å²) in [6, 6.07) is 1.60. The van der Waals surface area contributed by atoms with Gasteiger partial charge >= 0.3 is 0 Å². The zero-order chi connectivity index (χ0) is 11.1. The molecule has 0 aliphatic heterocycles. The maximum atomic E-state index is 12.0. The molecule has 0 aliphatic carbocycles. The zero-order valence-corrected chi connectivity index (χ0v) is 10.0. The fourth-order valence-electron chi connectivity index (χ4n) is 1.15. The number of aryl methyl sites for hydroxylation is 2. The number of sulfone groups is 1. The van der Waals surface area contributed by atoms with Gasteiger partial charge in [-0.25, -0.2) is 8.42 Å². The lowest BCUT2D eigenvalue weighted by Gasteiger charge is -2.18. The van der Waals surface area contributed by atoms with Crippen LogP contribution in [0.4, 0.5) is 0 Å². The highest BCUT2D eigenvalue weighted by Gasteiger charge is 2.33. The van der Waals surface area contributed by atoms with Crippen molar-refractivity contribution in [1.82, 2.24) is 9.78 Å². The molecule has 1 rings (SSSR count). The lowest BCUT2D eigenvalue weighted by molar-refractivity contribution is 0.543. The first-order valence-corrected chi connectivity index (χ1v) is 5.90. The Labute approximate surface area is 84.9 Å². The molecule has 0 atom stereocenters. The maximum Gasteiger partial charge on any atom is 0.200 e. The van der Waals surface area contributed by atoms with Gasteiger partial charge < -0.3 is 0 Å². The smallest absolute Gasteiger partial charge is 0.200 e. The molecule has 0 radical (unpaired) electrons. The Morgan fingerprint density at radius 3 is 2.14 bits per heavy atom. The van der Waals surface area contributed by atoms with E-state index in [1.807, 2.05) is 0 Å². The van der Waals surface area contributed by atoms with Gasteiger partial charge in [0, 0.05) is 7.05 Å². The lowest BCUT2D eigenvalue weighted by Crippen LogP contribution is -2.29. The van der Waals surface area contributed by atoms with Crippen LogP contribution in [0, 0.1) is 6.92 Å². The van der Waals surface area contributed by atoms with Gasteiger partial charge in [-0.15, -0.1) is 0 Å². The van der Waals surface area contributed by atoms with Crippen molar-refractivity contribution >= 4 is 9.84 Å². The quantitative estimate of drug-likeness (QED) is 0.711.